The molecular formula is C23H19N3O3. The van der Waals surface area contributed by atoms with Crippen LogP contribution in [-0.2, 0) is 16.0 Å². The lowest BCUT2D eigenvalue weighted by Crippen LogP contribution is -2.54. The molecule has 0 unspecified atom stereocenters. The van der Waals surface area contributed by atoms with Crippen molar-refractivity contribution < 1.29 is 14.4 Å². The number of aromatic nitrogens is 1. The molecule has 0 saturated carbocycles. The first-order chi connectivity index (χ1) is 14.1. The van der Waals surface area contributed by atoms with Crippen LogP contribution in [0.25, 0.3) is 11.8 Å². The maximum absolute atomic E-state index is 13.0. The number of nitrogens with one attached hydrogen (secondary N) is 1. The van der Waals surface area contributed by atoms with Crippen LogP contribution in [0.2, 0.25) is 0 Å². The van der Waals surface area contributed by atoms with Gasteiger partial charge in [0.2, 0.25) is 0 Å². The van der Waals surface area contributed by atoms with Crippen LogP contribution in [0, 0.1) is 0 Å². The van der Waals surface area contributed by atoms with E-state index in [1.54, 1.807) is 18.2 Å². The minimum atomic E-state index is -0.750. The fourth-order valence-electron chi connectivity index (χ4n) is 3.26. The van der Waals surface area contributed by atoms with Crippen LogP contribution in [0.1, 0.15) is 18.2 Å². The van der Waals surface area contributed by atoms with E-state index in [0.29, 0.717) is 11.4 Å². The number of carbonyl (C=O) groups is 3. The minimum Gasteiger partial charge on any atom is -0.317 e. The normalized spacial score (nSPS) is 15.7. The van der Waals surface area contributed by atoms with Crippen LogP contribution in [0.15, 0.2) is 78.5 Å². The van der Waals surface area contributed by atoms with Crippen molar-refractivity contribution in [3.8, 4) is 5.69 Å². The Morgan fingerprint density at radius 2 is 1.59 bits per heavy atom. The Bertz CT molecular complexity index is 1110. The first-order valence-corrected chi connectivity index (χ1v) is 9.31. The molecule has 1 aliphatic heterocycles. The largest absolute Gasteiger partial charge is 0.335 e. The zero-order valence-corrected chi connectivity index (χ0v) is 15.8. The summed E-state index contributed by atoms with van der Waals surface area (Å²) in [4.78, 5) is 38.8. The second-order valence-corrected chi connectivity index (χ2v) is 6.62. The van der Waals surface area contributed by atoms with Crippen LogP contribution < -0.4 is 10.2 Å². The van der Waals surface area contributed by atoms with Crippen molar-refractivity contribution in [1.82, 2.24) is 9.88 Å². The summed E-state index contributed by atoms with van der Waals surface area (Å²) >= 11 is 0. The van der Waals surface area contributed by atoms with Crippen molar-refractivity contribution in [3.63, 3.8) is 0 Å². The molecule has 29 heavy (non-hydrogen) atoms. The molecule has 2 heterocycles. The standard InChI is InChI=1S/C23H19N3O3/c1-2-16-10-12-18(13-11-16)26-22(28)20(21(27)24-23(26)29)15-19-9-6-14-25(19)17-7-4-3-5-8-17/h3-15H,2H2,1H3,(H,24,27,29)/b20-15+. The van der Waals surface area contributed by atoms with Crippen LogP contribution in [0.4, 0.5) is 10.5 Å². The minimum absolute atomic E-state index is 0.0972. The maximum Gasteiger partial charge on any atom is 0.335 e. The number of nitrogens with zero attached hydrogens (tertiary/aromatic N) is 2. The quantitative estimate of drug-likeness (QED) is 0.550. The van der Waals surface area contributed by atoms with Crippen molar-refractivity contribution in [2.24, 2.45) is 0 Å². The number of benzene rings is 2. The number of imide groups is 2. The molecular weight excluding hydrogens is 366 g/mol. The molecule has 6 nitrogen and oxygen atoms in total. The summed E-state index contributed by atoms with van der Waals surface area (Å²) in [6, 6.07) is 19.6. The Balaban J connectivity index is 1.72. The van der Waals surface area contributed by atoms with Crippen LogP contribution in [0.3, 0.4) is 0 Å². The monoisotopic (exact) mass is 385 g/mol. The van der Waals surface area contributed by atoms with Gasteiger partial charge in [-0.3, -0.25) is 14.9 Å². The summed E-state index contributed by atoms with van der Waals surface area (Å²) < 4.78 is 1.87. The number of amides is 4. The van der Waals surface area contributed by atoms with E-state index in [4.69, 9.17) is 0 Å². The number of aryl methyl sites for hydroxylation is 1. The molecule has 0 spiro atoms. The number of hydrogen-bond acceptors (Lipinski definition) is 3. The van der Waals surface area contributed by atoms with Crippen molar-refractivity contribution in [2.45, 2.75) is 13.3 Å². The van der Waals surface area contributed by atoms with Gasteiger partial charge in [0.1, 0.15) is 5.57 Å². The second-order valence-electron chi connectivity index (χ2n) is 6.62. The molecule has 4 rings (SSSR count). The first kappa shape index (κ1) is 18.4. The van der Waals surface area contributed by atoms with E-state index in [1.807, 2.05) is 66.2 Å². The third kappa shape index (κ3) is 3.48. The highest BCUT2D eigenvalue weighted by atomic mass is 16.2. The number of para-hydroxylation sites is 1. The van der Waals surface area contributed by atoms with E-state index in [9.17, 15) is 14.4 Å². The smallest absolute Gasteiger partial charge is 0.317 e. The van der Waals surface area contributed by atoms with Crippen molar-refractivity contribution in [1.29, 1.82) is 0 Å². The maximum atomic E-state index is 13.0. The summed E-state index contributed by atoms with van der Waals surface area (Å²) in [6.07, 6.45) is 4.20. The van der Waals surface area contributed by atoms with Crippen molar-refractivity contribution in [3.05, 3.63) is 89.8 Å². The van der Waals surface area contributed by atoms with Gasteiger partial charge < -0.3 is 4.57 Å². The van der Waals surface area contributed by atoms with Gasteiger partial charge in [0, 0.05) is 17.6 Å². The van der Waals surface area contributed by atoms with Gasteiger partial charge in [-0.15, -0.1) is 0 Å². The van der Waals surface area contributed by atoms with E-state index in [0.717, 1.165) is 22.6 Å². The summed E-state index contributed by atoms with van der Waals surface area (Å²) in [7, 11) is 0. The number of rotatable bonds is 4. The van der Waals surface area contributed by atoms with E-state index >= 15 is 0 Å². The molecule has 0 radical (unpaired) electrons. The van der Waals surface area contributed by atoms with Crippen molar-refractivity contribution in [2.75, 3.05) is 4.90 Å². The van der Waals surface area contributed by atoms with Gasteiger partial charge >= 0.3 is 6.03 Å². The molecule has 1 aromatic heterocycles. The highest BCUT2D eigenvalue weighted by molar-refractivity contribution is 6.39. The zero-order chi connectivity index (χ0) is 20.4. The van der Waals surface area contributed by atoms with Crippen LogP contribution in [0.5, 0.6) is 0 Å². The van der Waals surface area contributed by atoms with E-state index in [1.165, 1.54) is 6.08 Å². The fourth-order valence-corrected chi connectivity index (χ4v) is 3.26. The van der Waals surface area contributed by atoms with Crippen molar-refractivity contribution >= 4 is 29.6 Å². The highest BCUT2D eigenvalue weighted by Crippen LogP contribution is 2.23. The molecule has 0 aliphatic carbocycles. The number of hydrogen-bond donors (Lipinski definition) is 1. The van der Waals surface area contributed by atoms with E-state index in [-0.39, 0.29) is 5.57 Å². The number of anilines is 1. The number of barbiturate groups is 1. The zero-order valence-electron chi connectivity index (χ0n) is 15.8. The topological polar surface area (TPSA) is 71.4 Å². The molecule has 1 N–H and O–H groups in total. The summed E-state index contributed by atoms with van der Waals surface area (Å²) in [6.45, 7) is 2.02. The molecule has 1 saturated heterocycles. The van der Waals surface area contributed by atoms with Crippen LogP contribution >= 0.6 is 0 Å². The van der Waals surface area contributed by atoms with E-state index < -0.39 is 17.8 Å². The van der Waals surface area contributed by atoms with Gasteiger partial charge in [-0.05, 0) is 54.5 Å². The lowest BCUT2D eigenvalue weighted by molar-refractivity contribution is -0.122. The van der Waals surface area contributed by atoms with Gasteiger partial charge in [-0.1, -0.05) is 37.3 Å². The molecule has 0 bridgehead atoms. The summed E-state index contributed by atoms with van der Waals surface area (Å²) in [5.74, 6) is -1.36. The van der Waals surface area contributed by atoms with Crippen LogP contribution in [-0.4, -0.2) is 22.4 Å². The van der Waals surface area contributed by atoms with E-state index in [2.05, 4.69) is 5.32 Å². The van der Waals surface area contributed by atoms with Gasteiger partial charge in [0.05, 0.1) is 5.69 Å². The second kappa shape index (κ2) is 7.59. The Labute approximate surface area is 168 Å². The Hall–Kier alpha value is -3.93. The lowest BCUT2D eigenvalue weighted by atomic mass is 10.1. The molecule has 1 aliphatic rings. The Kier molecular flexibility index (Phi) is 4.83. The average Bonchev–Trinajstić information content (AvgIpc) is 3.20. The highest BCUT2D eigenvalue weighted by Gasteiger charge is 2.36. The van der Waals surface area contributed by atoms with Gasteiger partial charge in [0.25, 0.3) is 11.8 Å². The third-order valence-electron chi connectivity index (χ3n) is 4.81. The Morgan fingerprint density at radius 3 is 2.28 bits per heavy atom. The summed E-state index contributed by atoms with van der Waals surface area (Å²) in [5.41, 5.74) is 2.97. The lowest BCUT2D eigenvalue weighted by Gasteiger charge is -2.26. The first-order valence-electron chi connectivity index (χ1n) is 9.31. The predicted octanol–water partition coefficient (Wildman–Crippen LogP) is 3.71. The molecule has 1 fully saturated rings. The SMILES string of the molecule is CCc1ccc(N2C(=O)NC(=O)/C(=C\c3cccn3-c3ccccc3)C2=O)cc1. The molecule has 0 atom stereocenters. The van der Waals surface area contributed by atoms with Gasteiger partial charge in [-0.2, -0.15) is 0 Å². The average molecular weight is 385 g/mol. The third-order valence-corrected chi connectivity index (χ3v) is 4.81. The fraction of sp³-hybridized carbons (Fsp3) is 0.0870. The number of urea groups is 1. The van der Waals surface area contributed by atoms with Gasteiger partial charge in [0.15, 0.2) is 0 Å². The van der Waals surface area contributed by atoms with Gasteiger partial charge in [-0.25, -0.2) is 9.69 Å². The molecule has 144 valence electrons. The molecule has 3 aromatic rings. The summed E-state index contributed by atoms with van der Waals surface area (Å²) in [5, 5.41) is 2.26. The predicted molar refractivity (Wildman–Crippen MR) is 111 cm³/mol. The Morgan fingerprint density at radius 1 is 0.862 bits per heavy atom. The molecule has 6 heteroatoms. The molecule has 2 aromatic carbocycles. The number of carbonyl (C=O) groups excluding carboxylic acids is 3. The molecule has 4 amide bonds.